The number of hydrogen-bond acceptors (Lipinski definition) is 3. The zero-order valence-corrected chi connectivity index (χ0v) is 6.53. The van der Waals surface area contributed by atoms with Crippen LogP contribution in [0.4, 0.5) is 0 Å². The summed E-state index contributed by atoms with van der Waals surface area (Å²) in [4.78, 5) is 32.9. The minimum atomic E-state index is -0.286. The summed E-state index contributed by atoms with van der Waals surface area (Å²) in [5.41, 5.74) is 0. The van der Waals surface area contributed by atoms with Crippen molar-refractivity contribution < 1.29 is 14.4 Å². The number of aldehydes is 1. The summed E-state index contributed by atoms with van der Waals surface area (Å²) in [6.45, 7) is 0.337. The molecule has 0 fully saturated rings. The predicted octanol–water partition coefficient (Wildman–Crippen LogP) is -0.109. The van der Waals surface area contributed by atoms with Crippen molar-refractivity contribution in [3.63, 3.8) is 0 Å². The van der Waals surface area contributed by atoms with Gasteiger partial charge >= 0.3 is 0 Å². The number of carbonyl (C=O) groups is 3. The average Bonchev–Trinajstić information content (AvgIpc) is 2.35. The summed E-state index contributed by atoms with van der Waals surface area (Å²) >= 11 is 0. The summed E-state index contributed by atoms with van der Waals surface area (Å²) in [6.07, 6.45) is 4.19. The zero-order chi connectivity index (χ0) is 8.97. The van der Waals surface area contributed by atoms with Gasteiger partial charge < -0.3 is 4.79 Å². The van der Waals surface area contributed by atoms with Crippen LogP contribution in [0.1, 0.15) is 12.8 Å². The molecular formula is C8H9NO3. The molecule has 4 heteroatoms. The molecule has 0 saturated carbocycles. The molecule has 1 aliphatic heterocycles. The van der Waals surface area contributed by atoms with E-state index in [1.165, 1.54) is 12.2 Å². The second kappa shape index (κ2) is 3.80. The summed E-state index contributed by atoms with van der Waals surface area (Å²) in [5.74, 6) is -0.572. The average molecular weight is 167 g/mol. The van der Waals surface area contributed by atoms with Gasteiger partial charge in [-0.3, -0.25) is 14.5 Å². The lowest BCUT2D eigenvalue weighted by molar-refractivity contribution is -0.137. The summed E-state index contributed by atoms with van der Waals surface area (Å²) in [5, 5.41) is 0. The first-order chi connectivity index (χ1) is 5.75. The molecule has 0 bridgehead atoms. The van der Waals surface area contributed by atoms with Crippen molar-refractivity contribution in [3.05, 3.63) is 12.2 Å². The molecule has 1 heterocycles. The van der Waals surface area contributed by atoms with Gasteiger partial charge in [-0.15, -0.1) is 0 Å². The van der Waals surface area contributed by atoms with Crippen molar-refractivity contribution in [2.45, 2.75) is 12.8 Å². The number of carbonyl (C=O) groups excluding carboxylic acids is 3. The molecule has 12 heavy (non-hydrogen) atoms. The van der Waals surface area contributed by atoms with E-state index in [0.717, 1.165) is 11.2 Å². The standard InChI is InChI=1S/C8H9NO3/c10-6-2-1-5-9-7(11)3-4-8(9)12/h3-4,6H,1-2,5H2. The molecule has 0 N–H and O–H groups in total. The van der Waals surface area contributed by atoms with Crippen LogP contribution in [0.25, 0.3) is 0 Å². The van der Waals surface area contributed by atoms with E-state index in [9.17, 15) is 14.4 Å². The Morgan fingerprint density at radius 3 is 2.33 bits per heavy atom. The van der Waals surface area contributed by atoms with Gasteiger partial charge in [0.25, 0.3) is 11.8 Å². The van der Waals surface area contributed by atoms with E-state index in [0.29, 0.717) is 19.4 Å². The lowest BCUT2D eigenvalue weighted by atomic mass is 10.3. The first kappa shape index (κ1) is 8.64. The van der Waals surface area contributed by atoms with Crippen molar-refractivity contribution in [2.75, 3.05) is 6.54 Å². The fourth-order valence-electron chi connectivity index (χ4n) is 0.984. The molecule has 0 spiro atoms. The molecule has 1 rings (SSSR count). The fraction of sp³-hybridized carbons (Fsp3) is 0.375. The van der Waals surface area contributed by atoms with E-state index < -0.39 is 0 Å². The number of rotatable bonds is 4. The predicted molar refractivity (Wildman–Crippen MR) is 41.2 cm³/mol. The summed E-state index contributed by atoms with van der Waals surface area (Å²) in [6, 6.07) is 0. The molecule has 0 saturated heterocycles. The maximum absolute atomic E-state index is 10.9. The molecule has 0 aromatic carbocycles. The van der Waals surface area contributed by atoms with E-state index >= 15 is 0 Å². The number of amides is 2. The molecule has 2 amide bonds. The van der Waals surface area contributed by atoms with Gasteiger partial charge in [0.05, 0.1) is 0 Å². The van der Waals surface area contributed by atoms with Crippen molar-refractivity contribution in [1.82, 2.24) is 4.90 Å². The van der Waals surface area contributed by atoms with Gasteiger partial charge in [-0.05, 0) is 6.42 Å². The van der Waals surface area contributed by atoms with Crippen LogP contribution in [0.15, 0.2) is 12.2 Å². The Morgan fingerprint density at radius 2 is 1.83 bits per heavy atom. The highest BCUT2D eigenvalue weighted by atomic mass is 16.2. The molecule has 0 radical (unpaired) electrons. The minimum Gasteiger partial charge on any atom is -0.303 e. The Balaban J connectivity index is 2.37. The second-order valence-corrected chi connectivity index (χ2v) is 2.47. The fourth-order valence-corrected chi connectivity index (χ4v) is 0.984. The quantitative estimate of drug-likeness (QED) is 0.333. The van der Waals surface area contributed by atoms with Gasteiger partial charge in [0.2, 0.25) is 0 Å². The third-order valence-corrected chi connectivity index (χ3v) is 1.60. The zero-order valence-electron chi connectivity index (χ0n) is 6.53. The molecule has 1 aliphatic rings. The van der Waals surface area contributed by atoms with E-state index in [1.807, 2.05) is 0 Å². The van der Waals surface area contributed by atoms with E-state index in [4.69, 9.17) is 0 Å². The number of imide groups is 1. The monoisotopic (exact) mass is 167 g/mol. The van der Waals surface area contributed by atoms with Gasteiger partial charge in [0, 0.05) is 25.1 Å². The van der Waals surface area contributed by atoms with Crippen LogP contribution in [0, 0.1) is 0 Å². The summed E-state index contributed by atoms with van der Waals surface area (Å²) in [7, 11) is 0. The number of unbranched alkanes of at least 4 members (excludes halogenated alkanes) is 1. The van der Waals surface area contributed by atoms with E-state index in [-0.39, 0.29) is 11.8 Å². The second-order valence-electron chi connectivity index (χ2n) is 2.47. The molecule has 0 aromatic heterocycles. The maximum Gasteiger partial charge on any atom is 0.253 e. The molecule has 0 aromatic rings. The van der Waals surface area contributed by atoms with Gasteiger partial charge in [-0.2, -0.15) is 0 Å². The lowest BCUT2D eigenvalue weighted by Gasteiger charge is -2.11. The van der Waals surface area contributed by atoms with Crippen LogP contribution >= 0.6 is 0 Å². The van der Waals surface area contributed by atoms with E-state index in [2.05, 4.69) is 0 Å². The molecule has 4 nitrogen and oxygen atoms in total. The Hall–Kier alpha value is -1.45. The Bertz CT molecular complexity index is 227. The lowest BCUT2D eigenvalue weighted by Crippen LogP contribution is -2.30. The van der Waals surface area contributed by atoms with Gasteiger partial charge in [0.15, 0.2) is 0 Å². The first-order valence-corrected chi connectivity index (χ1v) is 3.73. The van der Waals surface area contributed by atoms with Crippen LogP contribution in [0.2, 0.25) is 0 Å². The van der Waals surface area contributed by atoms with Crippen molar-refractivity contribution in [1.29, 1.82) is 0 Å². The topological polar surface area (TPSA) is 54.5 Å². The highest BCUT2D eigenvalue weighted by Crippen LogP contribution is 2.04. The Kier molecular flexibility index (Phi) is 2.74. The van der Waals surface area contributed by atoms with Gasteiger partial charge in [0.1, 0.15) is 6.29 Å². The van der Waals surface area contributed by atoms with Crippen LogP contribution in [0.5, 0.6) is 0 Å². The first-order valence-electron chi connectivity index (χ1n) is 3.73. The number of nitrogens with zero attached hydrogens (tertiary/aromatic N) is 1. The van der Waals surface area contributed by atoms with Crippen LogP contribution in [-0.2, 0) is 14.4 Å². The summed E-state index contributed by atoms with van der Waals surface area (Å²) < 4.78 is 0. The largest absolute Gasteiger partial charge is 0.303 e. The van der Waals surface area contributed by atoms with E-state index in [1.54, 1.807) is 0 Å². The molecular weight excluding hydrogens is 158 g/mol. The minimum absolute atomic E-state index is 0.286. The molecule has 64 valence electrons. The smallest absolute Gasteiger partial charge is 0.253 e. The molecule has 0 unspecified atom stereocenters. The van der Waals surface area contributed by atoms with Crippen LogP contribution in [0.3, 0.4) is 0 Å². The Morgan fingerprint density at radius 1 is 1.25 bits per heavy atom. The number of hydrogen-bond donors (Lipinski definition) is 0. The van der Waals surface area contributed by atoms with Gasteiger partial charge in [-0.1, -0.05) is 0 Å². The van der Waals surface area contributed by atoms with Crippen molar-refractivity contribution in [3.8, 4) is 0 Å². The third kappa shape index (κ3) is 1.78. The highest BCUT2D eigenvalue weighted by molar-refractivity contribution is 6.12. The van der Waals surface area contributed by atoms with Crippen LogP contribution < -0.4 is 0 Å². The van der Waals surface area contributed by atoms with Crippen molar-refractivity contribution in [2.24, 2.45) is 0 Å². The van der Waals surface area contributed by atoms with Crippen LogP contribution in [-0.4, -0.2) is 29.5 Å². The Labute approximate surface area is 69.8 Å². The van der Waals surface area contributed by atoms with Gasteiger partial charge in [-0.25, -0.2) is 0 Å². The maximum atomic E-state index is 10.9. The molecule has 0 atom stereocenters. The molecule has 0 aliphatic carbocycles. The highest BCUT2D eigenvalue weighted by Gasteiger charge is 2.21. The third-order valence-electron chi connectivity index (χ3n) is 1.60. The van der Waals surface area contributed by atoms with Crippen molar-refractivity contribution >= 4 is 18.1 Å². The normalized spacial score (nSPS) is 15.8. The SMILES string of the molecule is O=CCCCN1C(=O)C=CC1=O.